The summed E-state index contributed by atoms with van der Waals surface area (Å²) in [6.45, 7) is 11.3. The summed E-state index contributed by atoms with van der Waals surface area (Å²) in [6.07, 6.45) is 4.08. The van der Waals surface area contributed by atoms with E-state index < -0.39 is 0 Å². The number of likely N-dealkylation sites (tertiary alicyclic amines) is 1. The molecule has 2 heterocycles. The van der Waals surface area contributed by atoms with Gasteiger partial charge in [-0.05, 0) is 46.2 Å². The summed E-state index contributed by atoms with van der Waals surface area (Å²) < 4.78 is 2.01. The number of nitrogens with zero attached hydrogens (tertiary/aromatic N) is 4. The van der Waals surface area contributed by atoms with Crippen molar-refractivity contribution in [1.82, 2.24) is 25.0 Å². The van der Waals surface area contributed by atoms with Crippen molar-refractivity contribution < 1.29 is 0 Å². The zero-order chi connectivity index (χ0) is 13.9. The largest absolute Gasteiger partial charge is 0.321 e. The lowest BCUT2D eigenvalue weighted by molar-refractivity contribution is 0.312. The third-order valence-electron chi connectivity index (χ3n) is 3.75. The molecule has 0 amide bonds. The quantitative estimate of drug-likeness (QED) is 0.865. The fourth-order valence-electron chi connectivity index (χ4n) is 2.52. The van der Waals surface area contributed by atoms with Gasteiger partial charge in [0.25, 0.3) is 0 Å². The van der Waals surface area contributed by atoms with Crippen molar-refractivity contribution in [3.05, 3.63) is 12.2 Å². The van der Waals surface area contributed by atoms with Crippen LogP contribution in [0.15, 0.2) is 6.33 Å². The third-order valence-corrected chi connectivity index (χ3v) is 3.75. The summed E-state index contributed by atoms with van der Waals surface area (Å²) in [5.41, 5.74) is 0.228. The van der Waals surface area contributed by atoms with E-state index in [1.807, 2.05) is 11.6 Å². The van der Waals surface area contributed by atoms with Crippen LogP contribution in [0.3, 0.4) is 0 Å². The van der Waals surface area contributed by atoms with Crippen molar-refractivity contribution in [3.63, 3.8) is 0 Å². The molecule has 1 saturated heterocycles. The van der Waals surface area contributed by atoms with Crippen LogP contribution in [-0.2, 0) is 13.5 Å². The Morgan fingerprint density at radius 2 is 2.21 bits per heavy atom. The second kappa shape index (κ2) is 6.01. The molecular formula is C14H27N5. The fraction of sp³-hybridized carbons (Fsp3) is 0.857. The van der Waals surface area contributed by atoms with Crippen LogP contribution in [0, 0.1) is 5.92 Å². The summed E-state index contributed by atoms with van der Waals surface area (Å²) in [4.78, 5) is 2.55. The van der Waals surface area contributed by atoms with Crippen LogP contribution in [-0.4, -0.2) is 51.4 Å². The lowest BCUT2D eigenvalue weighted by Crippen LogP contribution is -2.39. The highest BCUT2D eigenvalue weighted by Gasteiger charge is 2.23. The summed E-state index contributed by atoms with van der Waals surface area (Å²) in [7, 11) is 2.01. The predicted octanol–water partition coefficient (Wildman–Crippen LogP) is 1.07. The van der Waals surface area contributed by atoms with Gasteiger partial charge in [0.15, 0.2) is 0 Å². The Morgan fingerprint density at radius 3 is 2.84 bits per heavy atom. The monoisotopic (exact) mass is 265 g/mol. The smallest absolute Gasteiger partial charge is 0.133 e. The number of nitrogens with one attached hydrogen (secondary N) is 1. The van der Waals surface area contributed by atoms with Gasteiger partial charge in [0, 0.05) is 32.1 Å². The number of aromatic nitrogens is 3. The maximum atomic E-state index is 4.14. The van der Waals surface area contributed by atoms with E-state index in [4.69, 9.17) is 0 Å². The highest BCUT2D eigenvalue weighted by atomic mass is 15.3. The van der Waals surface area contributed by atoms with Gasteiger partial charge >= 0.3 is 0 Å². The SMILES string of the molecule is Cn1cnnc1CCN1CCC(CNC(C)(C)C)C1. The van der Waals surface area contributed by atoms with E-state index in [9.17, 15) is 0 Å². The number of hydrogen-bond acceptors (Lipinski definition) is 4. The van der Waals surface area contributed by atoms with Gasteiger partial charge in [-0.3, -0.25) is 0 Å². The second-order valence-corrected chi connectivity index (χ2v) is 6.69. The first-order valence-electron chi connectivity index (χ1n) is 7.24. The molecule has 0 saturated carbocycles. The van der Waals surface area contributed by atoms with Gasteiger partial charge in [-0.2, -0.15) is 0 Å². The Labute approximate surface area is 116 Å². The summed E-state index contributed by atoms with van der Waals surface area (Å²) in [5.74, 6) is 1.87. The van der Waals surface area contributed by atoms with E-state index in [2.05, 4.69) is 41.2 Å². The van der Waals surface area contributed by atoms with Crippen LogP contribution in [0.5, 0.6) is 0 Å². The Kier molecular flexibility index (Phi) is 4.58. The highest BCUT2D eigenvalue weighted by Crippen LogP contribution is 2.16. The van der Waals surface area contributed by atoms with E-state index in [1.54, 1.807) is 6.33 Å². The molecule has 0 aliphatic carbocycles. The van der Waals surface area contributed by atoms with E-state index in [-0.39, 0.29) is 5.54 Å². The Morgan fingerprint density at radius 1 is 1.42 bits per heavy atom. The van der Waals surface area contributed by atoms with Gasteiger partial charge in [0.05, 0.1) is 0 Å². The first-order valence-corrected chi connectivity index (χ1v) is 7.24. The maximum absolute atomic E-state index is 4.14. The number of hydrogen-bond donors (Lipinski definition) is 1. The Bertz CT molecular complexity index is 393. The molecule has 1 aliphatic rings. The Balaban J connectivity index is 1.69. The molecule has 5 heteroatoms. The van der Waals surface area contributed by atoms with Gasteiger partial charge in [-0.15, -0.1) is 10.2 Å². The lowest BCUT2D eigenvalue weighted by atomic mass is 10.1. The van der Waals surface area contributed by atoms with Crippen LogP contribution < -0.4 is 5.32 Å². The minimum absolute atomic E-state index is 0.228. The van der Waals surface area contributed by atoms with Crippen molar-refractivity contribution in [2.75, 3.05) is 26.2 Å². The first kappa shape index (κ1) is 14.5. The molecule has 5 nitrogen and oxygen atoms in total. The van der Waals surface area contributed by atoms with Crippen molar-refractivity contribution >= 4 is 0 Å². The molecule has 108 valence electrons. The van der Waals surface area contributed by atoms with Crippen LogP contribution in [0.4, 0.5) is 0 Å². The van der Waals surface area contributed by atoms with Gasteiger partial charge in [0.2, 0.25) is 0 Å². The third kappa shape index (κ3) is 4.58. The van der Waals surface area contributed by atoms with Crippen LogP contribution in [0.1, 0.15) is 33.0 Å². The molecule has 1 unspecified atom stereocenters. The summed E-state index contributed by atoms with van der Waals surface area (Å²) in [5, 5.41) is 11.7. The van der Waals surface area contributed by atoms with Crippen LogP contribution in [0.25, 0.3) is 0 Å². The van der Waals surface area contributed by atoms with E-state index in [0.29, 0.717) is 0 Å². The highest BCUT2D eigenvalue weighted by molar-refractivity contribution is 4.87. The van der Waals surface area contributed by atoms with Crippen LogP contribution >= 0.6 is 0 Å². The molecule has 1 aromatic heterocycles. The second-order valence-electron chi connectivity index (χ2n) is 6.69. The van der Waals surface area contributed by atoms with Crippen LogP contribution in [0.2, 0.25) is 0 Å². The predicted molar refractivity (Wildman–Crippen MR) is 77.0 cm³/mol. The zero-order valence-corrected chi connectivity index (χ0v) is 12.7. The summed E-state index contributed by atoms with van der Waals surface area (Å²) in [6, 6.07) is 0. The molecule has 1 aliphatic heterocycles. The molecule has 19 heavy (non-hydrogen) atoms. The molecule has 1 N–H and O–H groups in total. The normalized spacial score (nSPS) is 21.2. The topological polar surface area (TPSA) is 46.0 Å². The molecule has 1 aromatic rings. The van der Waals surface area contributed by atoms with Crippen molar-refractivity contribution in [3.8, 4) is 0 Å². The molecule has 2 rings (SSSR count). The van der Waals surface area contributed by atoms with Gasteiger partial charge in [0.1, 0.15) is 12.2 Å². The number of aryl methyl sites for hydroxylation is 1. The van der Waals surface area contributed by atoms with Crippen molar-refractivity contribution in [1.29, 1.82) is 0 Å². The minimum Gasteiger partial charge on any atom is -0.321 e. The fourth-order valence-corrected chi connectivity index (χ4v) is 2.52. The van der Waals surface area contributed by atoms with E-state index in [1.165, 1.54) is 19.5 Å². The van der Waals surface area contributed by atoms with Gasteiger partial charge in [-0.25, -0.2) is 0 Å². The standard InChI is InChI=1S/C14H27N5/c1-14(2,3)15-9-12-5-7-19(10-12)8-6-13-17-16-11-18(13)4/h11-12,15H,5-10H2,1-4H3. The average molecular weight is 265 g/mol. The molecule has 0 bridgehead atoms. The van der Waals surface area contributed by atoms with Gasteiger partial charge < -0.3 is 14.8 Å². The van der Waals surface area contributed by atoms with E-state index >= 15 is 0 Å². The minimum atomic E-state index is 0.228. The molecule has 0 aromatic carbocycles. The first-order chi connectivity index (χ1) is 8.94. The zero-order valence-electron chi connectivity index (χ0n) is 12.7. The lowest BCUT2D eigenvalue weighted by Gasteiger charge is -2.23. The molecule has 1 atom stereocenters. The van der Waals surface area contributed by atoms with Crippen molar-refractivity contribution in [2.24, 2.45) is 13.0 Å². The van der Waals surface area contributed by atoms with E-state index in [0.717, 1.165) is 31.3 Å². The summed E-state index contributed by atoms with van der Waals surface area (Å²) >= 11 is 0. The molecule has 0 radical (unpaired) electrons. The molecule has 1 fully saturated rings. The number of rotatable bonds is 5. The molecule has 0 spiro atoms. The van der Waals surface area contributed by atoms with Crippen molar-refractivity contribution in [2.45, 2.75) is 39.2 Å². The molecular weight excluding hydrogens is 238 g/mol. The average Bonchev–Trinajstić information content (AvgIpc) is 2.92. The van der Waals surface area contributed by atoms with Gasteiger partial charge in [-0.1, -0.05) is 0 Å². The Hall–Kier alpha value is -0.940. The maximum Gasteiger partial charge on any atom is 0.133 e.